The van der Waals surface area contributed by atoms with Crippen molar-refractivity contribution in [1.29, 1.82) is 0 Å². The molecule has 4 nitrogen and oxygen atoms in total. The molecule has 0 spiro atoms. The minimum atomic E-state index is 0.488. The van der Waals surface area contributed by atoms with Gasteiger partial charge in [0.1, 0.15) is 12.1 Å². The number of hydrogen-bond donors (Lipinski definition) is 0. The molecule has 0 aromatic carbocycles. The number of rotatable bonds is 1. The van der Waals surface area contributed by atoms with Crippen LogP contribution in [0.2, 0.25) is 0 Å². The topological polar surface area (TPSA) is 38.2 Å². The van der Waals surface area contributed by atoms with E-state index in [0.29, 0.717) is 12.0 Å². The maximum absolute atomic E-state index is 5.76. The van der Waals surface area contributed by atoms with Crippen LogP contribution in [0.15, 0.2) is 17.8 Å². The molecule has 2 aliphatic rings. The van der Waals surface area contributed by atoms with Gasteiger partial charge in [-0.15, -0.1) is 11.3 Å². The predicted molar refractivity (Wildman–Crippen MR) is 72.1 cm³/mol. The molecule has 0 radical (unpaired) electrons. The number of anilines is 1. The third kappa shape index (κ3) is 1.61. The highest BCUT2D eigenvalue weighted by atomic mass is 32.1. The van der Waals surface area contributed by atoms with Crippen LogP contribution in [-0.2, 0) is 4.74 Å². The minimum absolute atomic E-state index is 0.488. The Balaban J connectivity index is 1.68. The lowest BCUT2D eigenvalue weighted by Crippen LogP contribution is -2.41. The van der Waals surface area contributed by atoms with Crippen molar-refractivity contribution >= 4 is 27.4 Å². The molecule has 2 saturated heterocycles. The summed E-state index contributed by atoms with van der Waals surface area (Å²) in [5.41, 5.74) is 1.06. The van der Waals surface area contributed by atoms with Crippen molar-refractivity contribution in [2.75, 3.05) is 24.6 Å². The van der Waals surface area contributed by atoms with Gasteiger partial charge in [-0.2, -0.15) is 0 Å². The highest BCUT2D eigenvalue weighted by molar-refractivity contribution is 7.17. The molecule has 0 unspecified atom stereocenters. The standard InChI is InChI=1S/C13H15N3OS/c1-4-16(7-9-2-5-17-11(1)9)13-12-10(3-6-18-12)14-8-15-13/h3,6,8-9,11H,1-2,4-5,7H2/t9-,11+/m1/s1. The van der Waals surface area contributed by atoms with Gasteiger partial charge in [-0.3, -0.25) is 0 Å². The van der Waals surface area contributed by atoms with Gasteiger partial charge in [0.2, 0.25) is 0 Å². The fourth-order valence-corrected chi connectivity index (χ4v) is 3.93. The summed E-state index contributed by atoms with van der Waals surface area (Å²) < 4.78 is 6.97. The lowest BCUT2D eigenvalue weighted by atomic mass is 9.94. The Labute approximate surface area is 110 Å². The van der Waals surface area contributed by atoms with E-state index in [4.69, 9.17) is 4.74 Å². The lowest BCUT2D eigenvalue weighted by molar-refractivity contribution is 0.0772. The summed E-state index contributed by atoms with van der Waals surface area (Å²) in [4.78, 5) is 11.2. The molecule has 5 heteroatoms. The molecule has 2 aromatic heterocycles. The maximum Gasteiger partial charge on any atom is 0.150 e. The third-order valence-electron chi connectivity index (χ3n) is 4.01. The van der Waals surface area contributed by atoms with E-state index in [1.807, 2.05) is 0 Å². The van der Waals surface area contributed by atoms with Gasteiger partial charge in [-0.25, -0.2) is 9.97 Å². The van der Waals surface area contributed by atoms with E-state index in [0.717, 1.165) is 37.5 Å². The number of fused-ring (bicyclic) bond motifs is 2. The largest absolute Gasteiger partial charge is 0.378 e. The summed E-state index contributed by atoms with van der Waals surface area (Å²) in [6.07, 6.45) is 4.49. The van der Waals surface area contributed by atoms with E-state index in [1.165, 1.54) is 11.1 Å². The predicted octanol–water partition coefficient (Wildman–Crippen LogP) is 2.31. The van der Waals surface area contributed by atoms with Gasteiger partial charge in [0, 0.05) is 25.6 Å². The highest BCUT2D eigenvalue weighted by Crippen LogP contribution is 2.34. The molecule has 0 saturated carbocycles. The van der Waals surface area contributed by atoms with Crippen molar-refractivity contribution in [2.45, 2.75) is 18.9 Å². The van der Waals surface area contributed by atoms with Crippen LogP contribution >= 0.6 is 11.3 Å². The van der Waals surface area contributed by atoms with Crippen molar-refractivity contribution in [1.82, 2.24) is 9.97 Å². The monoisotopic (exact) mass is 261 g/mol. The van der Waals surface area contributed by atoms with E-state index >= 15 is 0 Å². The smallest absolute Gasteiger partial charge is 0.150 e. The van der Waals surface area contributed by atoms with Gasteiger partial charge < -0.3 is 9.64 Å². The third-order valence-corrected chi connectivity index (χ3v) is 4.91. The molecule has 94 valence electrons. The van der Waals surface area contributed by atoms with Gasteiger partial charge in [0.25, 0.3) is 0 Å². The Morgan fingerprint density at radius 1 is 1.33 bits per heavy atom. The Kier molecular flexibility index (Phi) is 2.48. The first-order chi connectivity index (χ1) is 8.92. The molecule has 0 aliphatic carbocycles. The van der Waals surface area contributed by atoms with E-state index < -0.39 is 0 Å². The fraction of sp³-hybridized carbons (Fsp3) is 0.538. The second-order valence-corrected chi connectivity index (χ2v) is 5.94. The quantitative estimate of drug-likeness (QED) is 0.789. The van der Waals surface area contributed by atoms with E-state index in [9.17, 15) is 0 Å². The Morgan fingerprint density at radius 3 is 3.33 bits per heavy atom. The average Bonchev–Trinajstić information content (AvgIpc) is 3.05. The number of aromatic nitrogens is 2. The number of ether oxygens (including phenoxy) is 1. The summed E-state index contributed by atoms with van der Waals surface area (Å²) in [7, 11) is 0. The zero-order chi connectivity index (χ0) is 11.9. The number of piperidine rings is 1. The first kappa shape index (κ1) is 10.7. The van der Waals surface area contributed by atoms with E-state index in [-0.39, 0.29) is 0 Å². The van der Waals surface area contributed by atoms with Crippen LogP contribution in [-0.4, -0.2) is 35.8 Å². The van der Waals surface area contributed by atoms with Crippen molar-refractivity contribution in [2.24, 2.45) is 5.92 Å². The lowest BCUT2D eigenvalue weighted by Gasteiger charge is -2.34. The zero-order valence-corrected chi connectivity index (χ0v) is 10.9. The molecule has 2 fully saturated rings. The molecular weight excluding hydrogens is 246 g/mol. The molecule has 4 rings (SSSR count). The normalized spacial score (nSPS) is 27.7. The summed E-state index contributed by atoms with van der Waals surface area (Å²) >= 11 is 1.73. The molecule has 4 heterocycles. The Hall–Kier alpha value is -1.20. The second-order valence-electron chi connectivity index (χ2n) is 5.02. The average molecular weight is 261 g/mol. The van der Waals surface area contributed by atoms with E-state index in [1.54, 1.807) is 17.7 Å². The fourth-order valence-electron chi connectivity index (χ4n) is 3.07. The summed E-state index contributed by atoms with van der Waals surface area (Å²) in [5, 5.41) is 2.09. The molecular formula is C13H15N3OS. The maximum atomic E-state index is 5.76. The second kappa shape index (κ2) is 4.17. The molecule has 2 aromatic rings. The van der Waals surface area contributed by atoms with Crippen LogP contribution in [0.1, 0.15) is 12.8 Å². The van der Waals surface area contributed by atoms with Crippen LogP contribution in [0, 0.1) is 5.92 Å². The Morgan fingerprint density at radius 2 is 2.33 bits per heavy atom. The summed E-state index contributed by atoms with van der Waals surface area (Å²) in [5.74, 6) is 1.80. The van der Waals surface area contributed by atoms with Gasteiger partial charge in [-0.1, -0.05) is 0 Å². The highest BCUT2D eigenvalue weighted by Gasteiger charge is 2.34. The number of nitrogens with zero attached hydrogens (tertiary/aromatic N) is 3. The number of hydrogen-bond acceptors (Lipinski definition) is 5. The van der Waals surface area contributed by atoms with Crippen LogP contribution in [0.3, 0.4) is 0 Å². The van der Waals surface area contributed by atoms with Gasteiger partial charge in [-0.05, 0) is 24.3 Å². The molecule has 0 amide bonds. The van der Waals surface area contributed by atoms with Gasteiger partial charge in [0.15, 0.2) is 0 Å². The minimum Gasteiger partial charge on any atom is -0.378 e. The van der Waals surface area contributed by atoms with Crippen molar-refractivity contribution in [3.8, 4) is 0 Å². The van der Waals surface area contributed by atoms with E-state index in [2.05, 4.69) is 26.3 Å². The van der Waals surface area contributed by atoms with Gasteiger partial charge in [0.05, 0.1) is 16.3 Å². The molecule has 18 heavy (non-hydrogen) atoms. The van der Waals surface area contributed by atoms with Crippen LogP contribution in [0.5, 0.6) is 0 Å². The van der Waals surface area contributed by atoms with Crippen LogP contribution in [0.4, 0.5) is 5.82 Å². The molecule has 2 atom stereocenters. The van der Waals surface area contributed by atoms with Crippen molar-refractivity contribution in [3.63, 3.8) is 0 Å². The first-order valence-corrected chi connectivity index (χ1v) is 7.34. The van der Waals surface area contributed by atoms with Gasteiger partial charge >= 0.3 is 0 Å². The first-order valence-electron chi connectivity index (χ1n) is 6.46. The van der Waals surface area contributed by atoms with Crippen LogP contribution in [0.25, 0.3) is 10.2 Å². The SMILES string of the molecule is c1nc(N2CC[C@@H]3OCC[C@@H]3C2)c2sccc2n1. The zero-order valence-electron chi connectivity index (χ0n) is 10.1. The summed E-state index contributed by atoms with van der Waals surface area (Å²) in [6, 6.07) is 2.07. The molecule has 0 N–H and O–H groups in total. The van der Waals surface area contributed by atoms with Crippen molar-refractivity contribution in [3.05, 3.63) is 17.8 Å². The number of thiophene rings is 1. The van der Waals surface area contributed by atoms with Crippen LogP contribution < -0.4 is 4.90 Å². The molecule has 0 bridgehead atoms. The summed E-state index contributed by atoms with van der Waals surface area (Å²) in [6.45, 7) is 3.06. The van der Waals surface area contributed by atoms with Crippen molar-refractivity contribution < 1.29 is 4.74 Å². The Bertz CT molecular complexity index is 570. The molecule has 2 aliphatic heterocycles.